The van der Waals surface area contributed by atoms with Crippen molar-refractivity contribution in [2.24, 2.45) is 0 Å². The summed E-state index contributed by atoms with van der Waals surface area (Å²) in [6.45, 7) is 1.93. The molecule has 0 fully saturated rings. The van der Waals surface area contributed by atoms with Crippen LogP contribution >= 0.6 is 23.5 Å². The Bertz CT molecular complexity index is 721. The van der Waals surface area contributed by atoms with E-state index in [4.69, 9.17) is 16.3 Å². The molecule has 0 radical (unpaired) electrons. The Labute approximate surface area is 132 Å². The summed E-state index contributed by atoms with van der Waals surface area (Å²) in [5.74, 6) is 0.710. The van der Waals surface area contributed by atoms with E-state index in [0.29, 0.717) is 10.8 Å². The Morgan fingerprint density at radius 1 is 1.24 bits per heavy atom. The zero-order valence-corrected chi connectivity index (χ0v) is 13.1. The fraction of sp³-hybridized carbons (Fsp3) is 0.133. The summed E-state index contributed by atoms with van der Waals surface area (Å²) in [7, 11) is 1.60. The van der Waals surface area contributed by atoms with Crippen molar-refractivity contribution in [3.63, 3.8) is 0 Å². The van der Waals surface area contributed by atoms with Crippen molar-refractivity contribution in [3.8, 4) is 5.75 Å². The molecule has 1 aliphatic rings. The van der Waals surface area contributed by atoms with Crippen molar-refractivity contribution in [2.45, 2.75) is 11.8 Å². The highest BCUT2D eigenvalue weighted by Gasteiger charge is 2.25. The summed E-state index contributed by atoms with van der Waals surface area (Å²) in [5, 5.41) is 3.50. The summed E-state index contributed by atoms with van der Waals surface area (Å²) in [6, 6.07) is 10.9. The monoisotopic (exact) mass is 320 g/mol. The molecule has 2 amide bonds. The van der Waals surface area contributed by atoms with Crippen molar-refractivity contribution in [1.29, 1.82) is 0 Å². The number of benzene rings is 2. The molecular formula is C15H13ClN2O2S. The molecule has 6 heteroatoms. The fourth-order valence-electron chi connectivity index (χ4n) is 2.00. The first-order valence-corrected chi connectivity index (χ1v) is 7.47. The molecule has 1 aliphatic heterocycles. The number of carbonyl (C=O) groups is 1. The van der Waals surface area contributed by atoms with E-state index in [1.807, 2.05) is 31.2 Å². The molecule has 0 saturated carbocycles. The van der Waals surface area contributed by atoms with Crippen LogP contribution in [0.5, 0.6) is 5.75 Å². The van der Waals surface area contributed by atoms with Crippen molar-refractivity contribution in [3.05, 3.63) is 47.0 Å². The number of hydrogen-bond acceptors (Lipinski definition) is 3. The first-order valence-electron chi connectivity index (χ1n) is 6.32. The number of halogens is 1. The lowest BCUT2D eigenvalue weighted by Crippen LogP contribution is -2.32. The minimum atomic E-state index is -0.208. The number of carbonyl (C=O) groups excluding carboxylic acids is 1. The molecule has 0 saturated heterocycles. The molecular weight excluding hydrogens is 308 g/mol. The minimum Gasteiger partial charge on any atom is -0.497 e. The third-order valence-corrected chi connectivity index (χ3v) is 4.71. The number of aryl methyl sites for hydroxylation is 1. The van der Waals surface area contributed by atoms with Gasteiger partial charge < -0.3 is 10.1 Å². The topological polar surface area (TPSA) is 41.6 Å². The molecule has 108 valence electrons. The number of anilines is 2. The summed E-state index contributed by atoms with van der Waals surface area (Å²) in [4.78, 5) is 13.2. The summed E-state index contributed by atoms with van der Waals surface area (Å²) in [5.41, 5.74) is 2.47. The number of fused-ring (bicyclic) bond motifs is 1. The van der Waals surface area contributed by atoms with Gasteiger partial charge in [-0.1, -0.05) is 17.7 Å². The second-order valence-corrected chi connectivity index (χ2v) is 6.01. The first kappa shape index (κ1) is 14.1. The maximum Gasteiger partial charge on any atom is 0.336 e. The summed E-state index contributed by atoms with van der Waals surface area (Å²) < 4.78 is 6.75. The van der Waals surface area contributed by atoms with E-state index in [1.54, 1.807) is 23.5 Å². The molecule has 0 spiro atoms. The molecule has 0 aromatic heterocycles. The predicted molar refractivity (Wildman–Crippen MR) is 86.5 cm³/mol. The molecule has 3 rings (SSSR count). The van der Waals surface area contributed by atoms with Crippen LogP contribution in [0.1, 0.15) is 5.56 Å². The van der Waals surface area contributed by atoms with E-state index in [0.717, 1.165) is 21.8 Å². The van der Waals surface area contributed by atoms with Crippen LogP contribution in [0.2, 0.25) is 5.02 Å². The van der Waals surface area contributed by atoms with Crippen LogP contribution in [0.4, 0.5) is 16.2 Å². The molecule has 0 atom stereocenters. The van der Waals surface area contributed by atoms with Gasteiger partial charge in [0.05, 0.1) is 23.4 Å². The molecule has 2 aromatic rings. The highest BCUT2D eigenvalue weighted by atomic mass is 35.5. The molecule has 0 aliphatic carbocycles. The van der Waals surface area contributed by atoms with Crippen molar-refractivity contribution in [1.82, 2.24) is 0 Å². The lowest BCUT2D eigenvalue weighted by atomic mass is 10.2. The van der Waals surface area contributed by atoms with Crippen LogP contribution in [0.15, 0.2) is 41.3 Å². The Morgan fingerprint density at radius 3 is 2.76 bits per heavy atom. The first-order chi connectivity index (χ1) is 10.1. The number of rotatable bonds is 2. The van der Waals surface area contributed by atoms with Crippen LogP contribution < -0.4 is 14.4 Å². The molecule has 0 unspecified atom stereocenters. The van der Waals surface area contributed by atoms with Gasteiger partial charge in [0.15, 0.2) is 0 Å². The summed E-state index contributed by atoms with van der Waals surface area (Å²) in [6.07, 6.45) is 0. The van der Waals surface area contributed by atoms with Crippen LogP contribution in [-0.4, -0.2) is 13.1 Å². The third-order valence-electron chi connectivity index (χ3n) is 3.19. The second kappa shape index (κ2) is 5.50. The zero-order valence-electron chi connectivity index (χ0n) is 11.5. The smallest absolute Gasteiger partial charge is 0.336 e. The third kappa shape index (κ3) is 2.66. The normalized spacial score (nSPS) is 13.7. The Morgan fingerprint density at radius 2 is 2.05 bits per heavy atom. The molecule has 4 nitrogen and oxygen atoms in total. The second-order valence-electron chi connectivity index (χ2n) is 4.61. The Kier molecular flexibility index (Phi) is 3.69. The van der Waals surface area contributed by atoms with Gasteiger partial charge in [0.2, 0.25) is 0 Å². The number of hydrogen-bond donors (Lipinski definition) is 1. The van der Waals surface area contributed by atoms with Crippen LogP contribution in [-0.2, 0) is 0 Å². The number of methoxy groups -OCH3 is 1. The van der Waals surface area contributed by atoms with E-state index in [9.17, 15) is 4.79 Å². The number of urea groups is 1. The number of nitrogens with one attached hydrogen (secondary N) is 1. The average molecular weight is 321 g/mol. The van der Waals surface area contributed by atoms with E-state index >= 15 is 0 Å². The van der Waals surface area contributed by atoms with Crippen molar-refractivity contribution < 1.29 is 9.53 Å². The SMILES string of the molecule is COc1ccc2c(c1)NC(=O)N(c1ccc(C)c(Cl)c1)S2. The van der Waals surface area contributed by atoms with Crippen molar-refractivity contribution in [2.75, 3.05) is 16.7 Å². The maximum absolute atomic E-state index is 12.3. The molecule has 0 bridgehead atoms. The number of amides is 2. The molecule has 1 N–H and O–H groups in total. The fourth-order valence-corrected chi connectivity index (χ4v) is 3.05. The van der Waals surface area contributed by atoms with Gasteiger partial charge in [0.1, 0.15) is 5.75 Å². The standard InChI is InChI=1S/C15H13ClN2O2S/c1-9-3-4-10(7-12(9)16)18-15(19)17-13-8-11(20-2)5-6-14(13)21-18/h3-8H,1-2H3,(H,17,19). The lowest BCUT2D eigenvalue weighted by molar-refractivity contribution is 0.260. The van der Waals surface area contributed by atoms with Gasteiger partial charge in [-0.05, 0) is 48.7 Å². The van der Waals surface area contributed by atoms with Crippen molar-refractivity contribution >= 4 is 41.0 Å². The van der Waals surface area contributed by atoms with Crippen LogP contribution in [0, 0.1) is 6.92 Å². The zero-order chi connectivity index (χ0) is 15.0. The Balaban J connectivity index is 1.95. The number of ether oxygens (including phenoxy) is 1. The van der Waals surface area contributed by atoms with Gasteiger partial charge in [0, 0.05) is 11.1 Å². The van der Waals surface area contributed by atoms with Gasteiger partial charge in [-0.15, -0.1) is 0 Å². The largest absolute Gasteiger partial charge is 0.497 e. The van der Waals surface area contributed by atoms with Gasteiger partial charge in [0.25, 0.3) is 0 Å². The minimum absolute atomic E-state index is 0.208. The van der Waals surface area contributed by atoms with Crippen LogP contribution in [0.3, 0.4) is 0 Å². The predicted octanol–water partition coefficient (Wildman–Crippen LogP) is 4.72. The maximum atomic E-state index is 12.3. The molecule has 1 heterocycles. The average Bonchev–Trinajstić information content (AvgIpc) is 2.49. The quantitative estimate of drug-likeness (QED) is 0.814. The summed E-state index contributed by atoms with van der Waals surface area (Å²) >= 11 is 7.50. The molecule has 21 heavy (non-hydrogen) atoms. The van der Waals surface area contributed by atoms with E-state index < -0.39 is 0 Å². The van der Waals surface area contributed by atoms with E-state index in [-0.39, 0.29) is 6.03 Å². The lowest BCUT2D eigenvalue weighted by Gasteiger charge is -2.28. The highest BCUT2D eigenvalue weighted by molar-refractivity contribution is 8.01. The van der Waals surface area contributed by atoms with Gasteiger partial charge in [-0.3, -0.25) is 0 Å². The highest BCUT2D eigenvalue weighted by Crippen LogP contribution is 2.40. The van der Waals surface area contributed by atoms with Gasteiger partial charge >= 0.3 is 6.03 Å². The van der Waals surface area contributed by atoms with Gasteiger partial charge in [-0.2, -0.15) is 0 Å². The number of nitrogens with zero attached hydrogens (tertiary/aromatic N) is 1. The van der Waals surface area contributed by atoms with Gasteiger partial charge in [-0.25, -0.2) is 9.10 Å². The van der Waals surface area contributed by atoms with Crippen LogP contribution in [0.25, 0.3) is 0 Å². The van der Waals surface area contributed by atoms with E-state index in [1.165, 1.54) is 11.9 Å². The molecule has 2 aromatic carbocycles. The van der Waals surface area contributed by atoms with E-state index in [2.05, 4.69) is 5.32 Å². The Hall–Kier alpha value is -1.85.